The molecule has 0 unspecified atom stereocenters. The standard InChI is InChI=1S/C18H19ClF3N3O/c1-25(10-6-13-4-8-23-9-5-13)11-7-17(26)24-16-12-14(18(20,21)22)2-3-15(16)19/h2-5,8-9,12H,6-7,10-11H2,1H3,(H,24,26). The van der Waals surface area contributed by atoms with Crippen molar-refractivity contribution in [3.05, 3.63) is 58.9 Å². The van der Waals surface area contributed by atoms with Crippen LogP contribution in [0.4, 0.5) is 18.9 Å². The minimum absolute atomic E-state index is 0.0362. The maximum Gasteiger partial charge on any atom is 0.416 e. The zero-order valence-electron chi connectivity index (χ0n) is 14.2. The van der Waals surface area contributed by atoms with E-state index in [0.717, 1.165) is 36.7 Å². The fourth-order valence-electron chi connectivity index (χ4n) is 2.28. The van der Waals surface area contributed by atoms with Gasteiger partial charge in [0.1, 0.15) is 0 Å². The van der Waals surface area contributed by atoms with E-state index in [9.17, 15) is 18.0 Å². The van der Waals surface area contributed by atoms with Gasteiger partial charge in [-0.2, -0.15) is 13.2 Å². The van der Waals surface area contributed by atoms with Crippen LogP contribution in [0.3, 0.4) is 0 Å². The number of aromatic nitrogens is 1. The Bertz CT molecular complexity index is 738. The maximum absolute atomic E-state index is 12.7. The second-order valence-corrected chi connectivity index (χ2v) is 6.31. The summed E-state index contributed by atoms with van der Waals surface area (Å²) in [5.74, 6) is -0.387. The van der Waals surface area contributed by atoms with Gasteiger partial charge < -0.3 is 10.2 Å². The third-order valence-electron chi connectivity index (χ3n) is 3.82. The molecule has 1 heterocycles. The number of anilines is 1. The van der Waals surface area contributed by atoms with Crippen molar-refractivity contribution < 1.29 is 18.0 Å². The Morgan fingerprint density at radius 1 is 1.19 bits per heavy atom. The molecule has 4 nitrogen and oxygen atoms in total. The van der Waals surface area contributed by atoms with Gasteiger partial charge in [0, 0.05) is 31.9 Å². The topological polar surface area (TPSA) is 45.2 Å². The number of pyridine rings is 1. The summed E-state index contributed by atoms with van der Waals surface area (Å²) in [5.41, 5.74) is 0.254. The number of nitrogens with one attached hydrogen (secondary N) is 1. The van der Waals surface area contributed by atoms with E-state index in [4.69, 9.17) is 11.6 Å². The van der Waals surface area contributed by atoms with Gasteiger partial charge >= 0.3 is 6.18 Å². The number of benzene rings is 1. The van der Waals surface area contributed by atoms with Crippen molar-refractivity contribution in [1.29, 1.82) is 0 Å². The largest absolute Gasteiger partial charge is 0.416 e. The predicted molar refractivity (Wildman–Crippen MR) is 95.1 cm³/mol. The third kappa shape index (κ3) is 6.31. The van der Waals surface area contributed by atoms with Crippen molar-refractivity contribution >= 4 is 23.2 Å². The number of amides is 1. The average Bonchev–Trinajstić information content (AvgIpc) is 2.60. The molecule has 140 valence electrons. The van der Waals surface area contributed by atoms with E-state index in [1.54, 1.807) is 12.4 Å². The maximum atomic E-state index is 12.7. The molecule has 1 aromatic heterocycles. The summed E-state index contributed by atoms with van der Waals surface area (Å²) in [4.78, 5) is 18.0. The van der Waals surface area contributed by atoms with Crippen molar-refractivity contribution in [3.8, 4) is 0 Å². The average molecular weight is 386 g/mol. The molecule has 0 spiro atoms. The Morgan fingerprint density at radius 2 is 1.88 bits per heavy atom. The summed E-state index contributed by atoms with van der Waals surface area (Å²) >= 11 is 5.87. The van der Waals surface area contributed by atoms with Gasteiger partial charge in [0.25, 0.3) is 0 Å². The first-order valence-corrected chi connectivity index (χ1v) is 8.37. The van der Waals surface area contributed by atoms with E-state index in [-0.39, 0.29) is 23.0 Å². The first-order valence-electron chi connectivity index (χ1n) is 8.00. The molecule has 26 heavy (non-hydrogen) atoms. The first-order chi connectivity index (χ1) is 12.3. The van der Waals surface area contributed by atoms with Crippen LogP contribution in [-0.2, 0) is 17.4 Å². The van der Waals surface area contributed by atoms with Gasteiger partial charge in [-0.3, -0.25) is 9.78 Å². The molecular weight excluding hydrogens is 367 g/mol. The predicted octanol–water partition coefficient (Wildman–Crippen LogP) is 4.26. The second-order valence-electron chi connectivity index (χ2n) is 5.90. The molecule has 0 bridgehead atoms. The summed E-state index contributed by atoms with van der Waals surface area (Å²) in [5, 5.41) is 2.51. The lowest BCUT2D eigenvalue weighted by atomic mass is 10.2. The second kappa shape index (κ2) is 9.00. The van der Waals surface area contributed by atoms with E-state index >= 15 is 0 Å². The summed E-state index contributed by atoms with van der Waals surface area (Å²) in [7, 11) is 1.88. The van der Waals surface area contributed by atoms with E-state index < -0.39 is 11.7 Å². The normalized spacial score (nSPS) is 11.6. The molecule has 0 saturated heterocycles. The van der Waals surface area contributed by atoms with Gasteiger partial charge in [-0.25, -0.2) is 0 Å². The fraction of sp³-hybridized carbons (Fsp3) is 0.333. The monoisotopic (exact) mass is 385 g/mol. The lowest BCUT2D eigenvalue weighted by Crippen LogP contribution is -2.26. The SMILES string of the molecule is CN(CCC(=O)Nc1cc(C(F)(F)F)ccc1Cl)CCc1ccncc1. The highest BCUT2D eigenvalue weighted by atomic mass is 35.5. The molecule has 0 saturated carbocycles. The van der Waals surface area contributed by atoms with Crippen molar-refractivity contribution in [2.75, 3.05) is 25.5 Å². The van der Waals surface area contributed by atoms with Crippen molar-refractivity contribution in [2.24, 2.45) is 0 Å². The molecule has 0 aliphatic rings. The number of nitrogens with zero attached hydrogens (tertiary/aromatic N) is 2. The Labute approximate surface area is 155 Å². The molecule has 8 heteroatoms. The lowest BCUT2D eigenvalue weighted by Gasteiger charge is -2.17. The number of likely N-dealkylation sites (N-methyl/N-ethyl adjacent to an activating group) is 1. The molecule has 1 amide bonds. The van der Waals surface area contributed by atoms with Crippen molar-refractivity contribution in [2.45, 2.75) is 19.0 Å². The van der Waals surface area contributed by atoms with Crippen LogP contribution < -0.4 is 5.32 Å². The van der Waals surface area contributed by atoms with Gasteiger partial charge in [0.05, 0.1) is 16.3 Å². The molecule has 0 atom stereocenters. The van der Waals surface area contributed by atoms with Crippen LogP contribution in [0.2, 0.25) is 5.02 Å². The number of hydrogen-bond acceptors (Lipinski definition) is 3. The number of carbonyl (C=O) groups excluding carboxylic acids is 1. The van der Waals surface area contributed by atoms with Crippen LogP contribution in [0.15, 0.2) is 42.7 Å². The highest BCUT2D eigenvalue weighted by Gasteiger charge is 2.31. The summed E-state index contributed by atoms with van der Waals surface area (Å²) in [6.07, 6.45) is -0.0695. The van der Waals surface area contributed by atoms with Crippen LogP contribution in [0.5, 0.6) is 0 Å². The summed E-state index contributed by atoms with van der Waals surface area (Å²) in [6, 6.07) is 6.70. The number of halogens is 4. The highest BCUT2D eigenvalue weighted by Crippen LogP contribution is 2.33. The number of hydrogen-bond donors (Lipinski definition) is 1. The minimum atomic E-state index is -4.49. The Balaban J connectivity index is 1.83. The summed E-state index contributed by atoms with van der Waals surface area (Å²) < 4.78 is 38.2. The van der Waals surface area contributed by atoms with Crippen LogP contribution in [0, 0.1) is 0 Å². The molecule has 0 fully saturated rings. The summed E-state index contributed by atoms with van der Waals surface area (Å²) in [6.45, 7) is 1.23. The van der Waals surface area contributed by atoms with Gasteiger partial charge in [0.15, 0.2) is 0 Å². The third-order valence-corrected chi connectivity index (χ3v) is 4.15. The molecule has 1 aromatic carbocycles. The lowest BCUT2D eigenvalue weighted by molar-refractivity contribution is -0.137. The first kappa shape index (κ1) is 20.2. The zero-order valence-corrected chi connectivity index (χ0v) is 14.9. The van der Waals surface area contributed by atoms with Gasteiger partial charge in [0.2, 0.25) is 5.91 Å². The molecule has 2 rings (SSSR count). The molecule has 0 radical (unpaired) electrons. The van der Waals surface area contributed by atoms with Crippen molar-refractivity contribution in [1.82, 2.24) is 9.88 Å². The van der Waals surface area contributed by atoms with Crippen LogP contribution in [0.1, 0.15) is 17.5 Å². The number of alkyl halides is 3. The minimum Gasteiger partial charge on any atom is -0.325 e. The number of rotatable bonds is 7. The van der Waals surface area contributed by atoms with Gasteiger partial charge in [-0.1, -0.05) is 11.6 Å². The Hall–Kier alpha value is -2.12. The van der Waals surface area contributed by atoms with Gasteiger partial charge in [-0.05, 0) is 49.4 Å². The fourth-order valence-corrected chi connectivity index (χ4v) is 2.45. The Morgan fingerprint density at radius 3 is 2.54 bits per heavy atom. The van der Waals surface area contributed by atoms with Crippen molar-refractivity contribution in [3.63, 3.8) is 0 Å². The molecule has 2 aromatic rings. The zero-order chi connectivity index (χ0) is 19.2. The molecule has 1 N–H and O–H groups in total. The molecular formula is C18H19ClF3N3O. The van der Waals surface area contributed by atoms with Crippen LogP contribution in [0.25, 0.3) is 0 Å². The van der Waals surface area contributed by atoms with Crippen LogP contribution >= 0.6 is 11.6 Å². The van der Waals surface area contributed by atoms with E-state index in [2.05, 4.69) is 10.3 Å². The van der Waals surface area contributed by atoms with Gasteiger partial charge in [-0.15, -0.1) is 0 Å². The van der Waals surface area contributed by atoms with Crippen LogP contribution in [-0.4, -0.2) is 35.9 Å². The van der Waals surface area contributed by atoms with E-state index in [1.165, 1.54) is 0 Å². The Kier molecular flexibility index (Phi) is 6.99. The van der Waals surface area contributed by atoms with E-state index in [0.29, 0.717) is 6.54 Å². The number of carbonyl (C=O) groups is 1. The molecule has 0 aliphatic heterocycles. The smallest absolute Gasteiger partial charge is 0.325 e. The highest BCUT2D eigenvalue weighted by molar-refractivity contribution is 6.33. The quantitative estimate of drug-likeness (QED) is 0.774. The van der Waals surface area contributed by atoms with E-state index in [1.807, 2.05) is 24.1 Å². The molecule has 0 aliphatic carbocycles.